The van der Waals surface area contributed by atoms with Gasteiger partial charge in [0.05, 0.1) is 10.8 Å². The SMILES string of the molecule is Cc1ccc(-c2nnco2)cc1-c1ccc2c(c1)NC(=O)C21CCCC1.Cc1nnc(-c2ccc(C)c(-c3ccc4c(c3)NC(=O)C43CCCC3)c2)o1. The number of fused-ring (bicyclic) bond motifs is 4. The minimum Gasteiger partial charge on any atom is -0.423 e. The number of carbonyl (C=O) groups is 2. The Morgan fingerprint density at radius 3 is 1.51 bits per heavy atom. The highest BCUT2D eigenvalue weighted by Gasteiger charge is 2.49. The van der Waals surface area contributed by atoms with Gasteiger partial charge in [-0.05, 0) is 120 Å². The molecule has 0 radical (unpaired) electrons. The van der Waals surface area contributed by atoms with Crippen molar-refractivity contribution in [2.24, 2.45) is 0 Å². The van der Waals surface area contributed by atoms with Crippen LogP contribution in [0.4, 0.5) is 11.4 Å². The molecular formula is C43H40N6O4. The molecule has 0 unspecified atom stereocenters. The van der Waals surface area contributed by atoms with Gasteiger partial charge < -0.3 is 19.5 Å². The van der Waals surface area contributed by atoms with Crippen molar-refractivity contribution < 1.29 is 18.4 Å². The summed E-state index contributed by atoms with van der Waals surface area (Å²) >= 11 is 0. The number of nitrogens with zero attached hydrogens (tertiary/aromatic N) is 4. The molecule has 10 heteroatoms. The summed E-state index contributed by atoms with van der Waals surface area (Å²) in [5.41, 5.74) is 12.1. The number of hydrogen-bond donors (Lipinski definition) is 2. The molecule has 2 aromatic heterocycles. The van der Waals surface area contributed by atoms with Gasteiger partial charge in [0.15, 0.2) is 0 Å². The number of amides is 2. The summed E-state index contributed by atoms with van der Waals surface area (Å²) < 4.78 is 10.9. The minimum absolute atomic E-state index is 0.165. The third-order valence-corrected chi connectivity index (χ3v) is 11.8. The van der Waals surface area contributed by atoms with Crippen LogP contribution in [0, 0.1) is 20.8 Å². The van der Waals surface area contributed by atoms with Crippen LogP contribution in [0.3, 0.4) is 0 Å². The Bertz CT molecular complexity index is 2400. The van der Waals surface area contributed by atoms with Crippen molar-refractivity contribution in [3.05, 3.63) is 107 Å². The van der Waals surface area contributed by atoms with Crippen LogP contribution in [-0.4, -0.2) is 32.2 Å². The van der Waals surface area contributed by atoms with Gasteiger partial charge in [-0.25, -0.2) is 0 Å². The number of nitrogens with one attached hydrogen (secondary N) is 2. The van der Waals surface area contributed by atoms with Gasteiger partial charge in [0, 0.05) is 29.4 Å². The fraction of sp³-hybridized carbons (Fsp3) is 0.302. The van der Waals surface area contributed by atoms with Crippen LogP contribution in [0.25, 0.3) is 45.2 Å². The standard InChI is InChI=1S/C22H21N3O2.C21H19N3O2/c1-13-5-6-16(20-25-24-14(2)27-20)11-17(13)15-7-8-18-19(12-15)23-21(26)22(18)9-3-4-10-22;1-13-4-5-15(19-24-22-12-26-19)10-16(13)14-6-7-17-18(11-14)23-20(25)21(17)8-2-3-9-21/h5-8,11-12H,3-4,9-10H2,1-2H3,(H,23,26);4-7,10-12H,2-3,8-9H2,1H3,(H,23,25). The van der Waals surface area contributed by atoms with Crippen LogP contribution < -0.4 is 10.6 Å². The molecule has 10 rings (SSSR count). The average Bonchev–Trinajstić information content (AvgIpc) is 4.02. The monoisotopic (exact) mass is 704 g/mol. The van der Waals surface area contributed by atoms with Crippen molar-refractivity contribution >= 4 is 23.2 Å². The van der Waals surface area contributed by atoms with Gasteiger partial charge in [-0.1, -0.05) is 62.1 Å². The maximum Gasteiger partial charge on any atom is 0.247 e. The van der Waals surface area contributed by atoms with Crippen molar-refractivity contribution in [3.8, 4) is 45.2 Å². The number of aromatic nitrogens is 4. The maximum atomic E-state index is 12.7. The quantitative estimate of drug-likeness (QED) is 0.185. The van der Waals surface area contributed by atoms with Crippen molar-refractivity contribution in [1.29, 1.82) is 0 Å². The first kappa shape index (κ1) is 33.0. The molecule has 2 spiro atoms. The van der Waals surface area contributed by atoms with Gasteiger partial charge in [-0.2, -0.15) is 0 Å². The van der Waals surface area contributed by atoms with Gasteiger partial charge in [0.2, 0.25) is 35.9 Å². The lowest BCUT2D eigenvalue weighted by Crippen LogP contribution is -2.30. The number of benzene rings is 4. The highest BCUT2D eigenvalue weighted by molar-refractivity contribution is 6.08. The van der Waals surface area contributed by atoms with E-state index < -0.39 is 0 Å². The van der Waals surface area contributed by atoms with E-state index in [9.17, 15) is 9.59 Å². The molecule has 6 aromatic rings. The van der Waals surface area contributed by atoms with E-state index in [2.05, 4.69) is 106 Å². The van der Waals surface area contributed by atoms with Crippen molar-refractivity contribution in [3.63, 3.8) is 0 Å². The van der Waals surface area contributed by atoms with Crippen molar-refractivity contribution in [2.75, 3.05) is 10.6 Å². The van der Waals surface area contributed by atoms with Crippen molar-refractivity contribution in [1.82, 2.24) is 20.4 Å². The highest BCUT2D eigenvalue weighted by Crippen LogP contribution is 2.51. The van der Waals surface area contributed by atoms with Crippen LogP contribution in [-0.2, 0) is 20.4 Å². The molecule has 2 aliphatic carbocycles. The Hall–Kier alpha value is -5.90. The van der Waals surface area contributed by atoms with Gasteiger partial charge in [0.1, 0.15) is 0 Å². The summed E-state index contributed by atoms with van der Waals surface area (Å²) in [7, 11) is 0. The van der Waals surface area contributed by atoms with Crippen LogP contribution in [0.5, 0.6) is 0 Å². The van der Waals surface area contributed by atoms with E-state index in [4.69, 9.17) is 8.83 Å². The average molecular weight is 705 g/mol. The smallest absolute Gasteiger partial charge is 0.247 e. The van der Waals surface area contributed by atoms with Crippen LogP contribution in [0.1, 0.15) is 79.5 Å². The molecule has 4 aromatic carbocycles. The topological polar surface area (TPSA) is 136 Å². The number of hydrogen-bond acceptors (Lipinski definition) is 8. The van der Waals surface area contributed by atoms with Gasteiger partial charge in [-0.15, -0.1) is 20.4 Å². The van der Waals surface area contributed by atoms with E-state index in [1.807, 2.05) is 12.1 Å². The van der Waals surface area contributed by atoms with E-state index in [1.54, 1.807) is 6.92 Å². The molecule has 0 saturated heterocycles. The fourth-order valence-electron chi connectivity index (χ4n) is 8.99. The molecule has 0 bridgehead atoms. The molecule has 2 aliphatic heterocycles. The minimum atomic E-state index is -0.300. The van der Waals surface area contributed by atoms with Crippen LogP contribution in [0.15, 0.2) is 88.0 Å². The Kier molecular flexibility index (Phi) is 7.87. The summed E-state index contributed by atoms with van der Waals surface area (Å²) in [5.74, 6) is 1.91. The van der Waals surface area contributed by atoms with Crippen LogP contribution in [0.2, 0.25) is 0 Å². The van der Waals surface area contributed by atoms with Crippen molar-refractivity contribution in [2.45, 2.75) is 83.0 Å². The molecule has 4 aliphatic rings. The fourth-order valence-corrected chi connectivity index (χ4v) is 8.99. The lowest BCUT2D eigenvalue weighted by molar-refractivity contribution is -0.121. The molecule has 53 heavy (non-hydrogen) atoms. The van der Waals surface area contributed by atoms with E-state index in [0.717, 1.165) is 118 Å². The van der Waals surface area contributed by atoms with Gasteiger partial charge in [0.25, 0.3) is 0 Å². The molecule has 0 atom stereocenters. The third-order valence-electron chi connectivity index (χ3n) is 11.8. The summed E-state index contributed by atoms with van der Waals surface area (Å²) in [4.78, 5) is 25.3. The predicted octanol–water partition coefficient (Wildman–Crippen LogP) is 9.26. The summed E-state index contributed by atoms with van der Waals surface area (Å²) in [5, 5.41) is 22.0. The molecule has 2 fully saturated rings. The first-order chi connectivity index (χ1) is 25.7. The second kappa shape index (κ2) is 12.6. The molecule has 2 N–H and O–H groups in total. The van der Waals surface area contributed by atoms with E-state index in [-0.39, 0.29) is 22.6 Å². The normalized spacial score (nSPS) is 17.4. The zero-order valence-corrected chi connectivity index (χ0v) is 30.1. The molecule has 2 amide bonds. The molecule has 2 saturated carbocycles. The lowest BCUT2D eigenvalue weighted by atomic mass is 9.79. The number of anilines is 2. The highest BCUT2D eigenvalue weighted by atomic mass is 16.4. The Labute approximate surface area is 307 Å². The zero-order valence-electron chi connectivity index (χ0n) is 30.1. The largest absolute Gasteiger partial charge is 0.423 e. The predicted molar refractivity (Wildman–Crippen MR) is 202 cm³/mol. The van der Waals surface area contributed by atoms with E-state index in [1.165, 1.54) is 6.39 Å². The van der Waals surface area contributed by atoms with Crippen LogP contribution >= 0.6 is 0 Å². The molecule has 266 valence electrons. The molecule has 10 nitrogen and oxygen atoms in total. The molecular weight excluding hydrogens is 665 g/mol. The Balaban J connectivity index is 0.000000141. The number of rotatable bonds is 4. The summed E-state index contributed by atoms with van der Waals surface area (Å²) in [6.07, 6.45) is 9.65. The number of carbonyl (C=O) groups excluding carboxylic acids is 2. The lowest BCUT2D eigenvalue weighted by Gasteiger charge is -2.20. The van der Waals surface area contributed by atoms with Gasteiger partial charge in [-0.3, -0.25) is 9.59 Å². The van der Waals surface area contributed by atoms with Gasteiger partial charge >= 0.3 is 0 Å². The third kappa shape index (κ3) is 5.46. The Morgan fingerprint density at radius 1 is 0.566 bits per heavy atom. The second-order valence-corrected chi connectivity index (χ2v) is 14.9. The second-order valence-electron chi connectivity index (χ2n) is 14.9. The first-order valence-corrected chi connectivity index (χ1v) is 18.5. The van der Waals surface area contributed by atoms with E-state index >= 15 is 0 Å². The summed E-state index contributed by atoms with van der Waals surface area (Å²) in [6, 6.07) is 25.0. The first-order valence-electron chi connectivity index (χ1n) is 18.5. The molecule has 4 heterocycles. The summed E-state index contributed by atoms with van der Waals surface area (Å²) in [6.45, 7) is 5.95. The zero-order chi connectivity index (χ0) is 36.3. The number of aryl methyl sites for hydroxylation is 3. The Morgan fingerprint density at radius 2 is 1.06 bits per heavy atom. The van der Waals surface area contributed by atoms with E-state index in [0.29, 0.717) is 17.7 Å². The maximum absolute atomic E-state index is 12.7.